The minimum Gasteiger partial charge on any atom is -0.390 e. The number of aliphatic hydroxyl groups is 1. The molecule has 1 aromatic carbocycles. The van der Waals surface area contributed by atoms with Crippen LogP contribution in [0.1, 0.15) is 43.0 Å². The molecule has 3 atom stereocenters. The molecule has 1 aliphatic carbocycles. The molecule has 126 valence electrons. The lowest BCUT2D eigenvalue weighted by Crippen LogP contribution is -2.44. The van der Waals surface area contributed by atoms with Crippen LogP contribution >= 0.6 is 11.6 Å². The summed E-state index contributed by atoms with van der Waals surface area (Å²) in [4.78, 5) is 14.9. The number of halogens is 1. The van der Waals surface area contributed by atoms with E-state index in [1.807, 2.05) is 17.9 Å². The van der Waals surface area contributed by atoms with Crippen LogP contribution in [0.2, 0.25) is 5.02 Å². The molecule has 1 amide bonds. The van der Waals surface area contributed by atoms with Crippen molar-refractivity contribution < 1.29 is 9.90 Å². The largest absolute Gasteiger partial charge is 0.390 e. The van der Waals surface area contributed by atoms with Gasteiger partial charge in [0.15, 0.2) is 0 Å². The summed E-state index contributed by atoms with van der Waals surface area (Å²) in [6, 6.07) is 5.34. The number of amides is 1. The summed E-state index contributed by atoms with van der Waals surface area (Å²) >= 11 is 6.08. The fraction of sp³-hybridized carbons (Fsp3) is 0.611. The van der Waals surface area contributed by atoms with E-state index in [0.29, 0.717) is 23.0 Å². The van der Waals surface area contributed by atoms with E-state index in [4.69, 9.17) is 11.6 Å². The Morgan fingerprint density at radius 2 is 2.26 bits per heavy atom. The van der Waals surface area contributed by atoms with Crippen molar-refractivity contribution in [3.8, 4) is 0 Å². The molecule has 0 spiro atoms. The number of carbonyl (C=O) groups is 1. The van der Waals surface area contributed by atoms with Crippen molar-refractivity contribution >= 4 is 23.2 Å². The first kappa shape index (κ1) is 16.6. The Morgan fingerprint density at radius 1 is 1.48 bits per heavy atom. The summed E-state index contributed by atoms with van der Waals surface area (Å²) in [6.45, 7) is 3.42. The lowest BCUT2D eigenvalue weighted by Gasteiger charge is -2.40. The van der Waals surface area contributed by atoms with E-state index in [1.54, 1.807) is 19.2 Å². The smallest absolute Gasteiger partial charge is 0.256 e. The first-order valence-corrected chi connectivity index (χ1v) is 8.85. The summed E-state index contributed by atoms with van der Waals surface area (Å²) in [5.41, 5.74) is 0.789. The Labute approximate surface area is 142 Å². The molecular weight excluding hydrogens is 312 g/mol. The molecular formula is C18H25ClN2O2. The van der Waals surface area contributed by atoms with Crippen molar-refractivity contribution in [1.29, 1.82) is 0 Å². The number of rotatable bonds is 3. The van der Waals surface area contributed by atoms with Crippen LogP contribution < -0.4 is 5.32 Å². The maximum atomic E-state index is 13.0. The third-order valence-corrected chi connectivity index (χ3v) is 5.93. The van der Waals surface area contributed by atoms with Crippen LogP contribution in [0.25, 0.3) is 0 Å². The van der Waals surface area contributed by atoms with E-state index in [-0.39, 0.29) is 11.8 Å². The number of carbonyl (C=O) groups excluding carboxylic acids is 1. The van der Waals surface area contributed by atoms with Crippen LogP contribution in [0.15, 0.2) is 18.2 Å². The first-order chi connectivity index (χ1) is 11.0. The molecule has 2 N–H and O–H groups in total. The SMILES string of the molecule is CC[C@]1(O)CCC[C@H]2CN(C(=O)c3cc(Cl)ccc3NC)C[C@H]21. The van der Waals surface area contributed by atoms with Gasteiger partial charge in [-0.3, -0.25) is 4.79 Å². The van der Waals surface area contributed by atoms with Gasteiger partial charge in [-0.15, -0.1) is 0 Å². The van der Waals surface area contributed by atoms with Gasteiger partial charge >= 0.3 is 0 Å². The maximum Gasteiger partial charge on any atom is 0.256 e. The van der Waals surface area contributed by atoms with Crippen molar-refractivity contribution in [3.05, 3.63) is 28.8 Å². The lowest BCUT2D eigenvalue weighted by molar-refractivity contribution is -0.0609. The molecule has 0 unspecified atom stereocenters. The quantitative estimate of drug-likeness (QED) is 0.889. The molecule has 2 aliphatic rings. The molecule has 5 heteroatoms. The Kier molecular flexibility index (Phi) is 4.56. The van der Waals surface area contributed by atoms with Gasteiger partial charge in [-0.05, 0) is 43.4 Å². The predicted octanol–water partition coefficient (Wildman–Crippen LogP) is 3.39. The van der Waals surface area contributed by atoms with Crippen molar-refractivity contribution in [2.75, 3.05) is 25.5 Å². The standard InChI is InChI=1S/C18H25ClN2O2/c1-3-18(23)8-4-5-12-10-21(11-15(12)18)17(22)14-9-13(19)6-7-16(14)20-2/h6-7,9,12,15,20,23H,3-5,8,10-11H2,1-2H3/t12-,15+,18-/m0/s1. The zero-order valence-corrected chi connectivity index (χ0v) is 14.6. The van der Waals surface area contributed by atoms with Crippen molar-refractivity contribution in [2.45, 2.75) is 38.2 Å². The second-order valence-corrected chi connectivity index (χ2v) is 7.30. The van der Waals surface area contributed by atoms with E-state index in [9.17, 15) is 9.90 Å². The van der Waals surface area contributed by atoms with E-state index in [2.05, 4.69) is 5.32 Å². The molecule has 2 fully saturated rings. The van der Waals surface area contributed by atoms with Gasteiger partial charge in [-0.2, -0.15) is 0 Å². The molecule has 1 saturated heterocycles. The zero-order valence-electron chi connectivity index (χ0n) is 13.8. The van der Waals surface area contributed by atoms with Gasteiger partial charge in [0, 0.05) is 36.8 Å². The van der Waals surface area contributed by atoms with Crippen LogP contribution in [-0.4, -0.2) is 41.7 Å². The van der Waals surface area contributed by atoms with Crippen molar-refractivity contribution in [3.63, 3.8) is 0 Å². The topological polar surface area (TPSA) is 52.6 Å². The Bertz CT molecular complexity index is 607. The van der Waals surface area contributed by atoms with Crippen LogP contribution in [0.3, 0.4) is 0 Å². The molecule has 1 saturated carbocycles. The highest BCUT2D eigenvalue weighted by atomic mass is 35.5. The van der Waals surface area contributed by atoms with Gasteiger partial charge < -0.3 is 15.3 Å². The highest BCUT2D eigenvalue weighted by Gasteiger charge is 2.48. The molecule has 0 bridgehead atoms. The van der Waals surface area contributed by atoms with Gasteiger partial charge in [-0.1, -0.05) is 24.9 Å². The molecule has 23 heavy (non-hydrogen) atoms. The number of nitrogens with one attached hydrogen (secondary N) is 1. The third-order valence-electron chi connectivity index (χ3n) is 5.70. The van der Waals surface area contributed by atoms with E-state index < -0.39 is 5.60 Å². The molecule has 0 aromatic heterocycles. The average molecular weight is 337 g/mol. The van der Waals surface area contributed by atoms with Crippen LogP contribution in [-0.2, 0) is 0 Å². The van der Waals surface area contributed by atoms with Gasteiger partial charge in [0.25, 0.3) is 5.91 Å². The van der Waals surface area contributed by atoms with Crippen LogP contribution in [0, 0.1) is 11.8 Å². The molecule has 0 radical (unpaired) electrons. The number of benzene rings is 1. The fourth-order valence-corrected chi connectivity index (χ4v) is 4.49. The zero-order chi connectivity index (χ0) is 16.6. The predicted molar refractivity (Wildman–Crippen MR) is 93.0 cm³/mol. The average Bonchev–Trinajstić information content (AvgIpc) is 3.00. The number of likely N-dealkylation sites (tertiary alicyclic amines) is 1. The number of hydrogen-bond donors (Lipinski definition) is 2. The minimum absolute atomic E-state index is 0.00435. The molecule has 3 rings (SSSR count). The Hall–Kier alpha value is -1.26. The summed E-state index contributed by atoms with van der Waals surface area (Å²) in [5, 5.41) is 14.5. The first-order valence-electron chi connectivity index (χ1n) is 8.47. The van der Waals surface area contributed by atoms with E-state index in [1.165, 1.54) is 0 Å². The Balaban J connectivity index is 1.84. The van der Waals surface area contributed by atoms with E-state index in [0.717, 1.165) is 37.9 Å². The minimum atomic E-state index is -0.613. The molecule has 1 aliphatic heterocycles. The highest BCUT2D eigenvalue weighted by molar-refractivity contribution is 6.31. The normalized spacial score (nSPS) is 30.2. The lowest BCUT2D eigenvalue weighted by atomic mass is 9.69. The second-order valence-electron chi connectivity index (χ2n) is 6.87. The summed E-state index contributed by atoms with van der Waals surface area (Å²) in [6.07, 6.45) is 3.76. The van der Waals surface area contributed by atoms with E-state index >= 15 is 0 Å². The summed E-state index contributed by atoms with van der Waals surface area (Å²) in [5.74, 6) is 0.613. The second kappa shape index (κ2) is 6.33. The maximum absolute atomic E-state index is 13.0. The number of fused-ring (bicyclic) bond motifs is 1. The van der Waals surface area contributed by atoms with Gasteiger partial charge in [0.1, 0.15) is 0 Å². The van der Waals surface area contributed by atoms with Crippen LogP contribution in [0.5, 0.6) is 0 Å². The van der Waals surface area contributed by atoms with Crippen molar-refractivity contribution in [2.24, 2.45) is 11.8 Å². The van der Waals surface area contributed by atoms with Crippen LogP contribution in [0.4, 0.5) is 5.69 Å². The Morgan fingerprint density at radius 3 is 2.96 bits per heavy atom. The molecule has 1 heterocycles. The highest BCUT2D eigenvalue weighted by Crippen LogP contribution is 2.44. The summed E-state index contributed by atoms with van der Waals surface area (Å²) < 4.78 is 0. The molecule has 4 nitrogen and oxygen atoms in total. The monoisotopic (exact) mass is 336 g/mol. The number of nitrogens with zero attached hydrogens (tertiary/aromatic N) is 1. The number of anilines is 1. The van der Waals surface area contributed by atoms with Crippen molar-refractivity contribution in [1.82, 2.24) is 4.90 Å². The number of hydrogen-bond acceptors (Lipinski definition) is 3. The van der Waals surface area contributed by atoms with Gasteiger partial charge in [-0.25, -0.2) is 0 Å². The van der Waals surface area contributed by atoms with Gasteiger partial charge in [0.2, 0.25) is 0 Å². The summed E-state index contributed by atoms with van der Waals surface area (Å²) in [7, 11) is 1.81. The molecule has 1 aromatic rings. The van der Waals surface area contributed by atoms with Gasteiger partial charge in [0.05, 0.1) is 11.2 Å². The fourth-order valence-electron chi connectivity index (χ4n) is 4.31. The third kappa shape index (κ3) is 2.94.